The lowest BCUT2D eigenvalue weighted by molar-refractivity contribution is -0.113. The molecule has 1 aromatic heterocycles. The molecule has 0 radical (unpaired) electrons. The van der Waals surface area contributed by atoms with Crippen LogP contribution in [0.3, 0.4) is 0 Å². The number of carbonyl (C=O) groups is 1. The third-order valence-electron chi connectivity index (χ3n) is 4.90. The van der Waals surface area contributed by atoms with E-state index in [-0.39, 0.29) is 16.6 Å². The molecule has 2 N–H and O–H groups in total. The van der Waals surface area contributed by atoms with Gasteiger partial charge in [0.25, 0.3) is 10.0 Å². The zero-order chi connectivity index (χ0) is 24.1. The van der Waals surface area contributed by atoms with E-state index in [1.54, 1.807) is 48.5 Å². The largest absolute Gasteiger partial charge is 0.301 e. The van der Waals surface area contributed by atoms with Gasteiger partial charge in [0.1, 0.15) is 0 Å². The van der Waals surface area contributed by atoms with E-state index in [0.29, 0.717) is 10.8 Å². The average molecular weight is 510 g/mol. The average Bonchev–Trinajstić information content (AvgIpc) is 3.19. The Labute approximate surface area is 207 Å². The lowest BCUT2D eigenvalue weighted by Gasteiger charge is -2.09. The minimum Gasteiger partial charge on any atom is -0.301 e. The molecule has 34 heavy (non-hydrogen) atoms. The van der Waals surface area contributed by atoms with Crippen LogP contribution in [-0.2, 0) is 14.8 Å². The molecule has 4 rings (SSSR count). The van der Waals surface area contributed by atoms with E-state index in [2.05, 4.69) is 15.0 Å². The number of sulfonamides is 1. The maximum absolute atomic E-state index is 12.5. The molecule has 0 saturated heterocycles. The number of thioether (sulfide) groups is 1. The molecule has 0 aliphatic heterocycles. The van der Waals surface area contributed by atoms with Crippen LogP contribution in [0.25, 0.3) is 11.3 Å². The normalized spacial score (nSPS) is 11.2. The number of amides is 1. The van der Waals surface area contributed by atoms with Gasteiger partial charge in [0.2, 0.25) is 5.91 Å². The van der Waals surface area contributed by atoms with Crippen molar-refractivity contribution in [2.24, 2.45) is 0 Å². The van der Waals surface area contributed by atoms with Crippen LogP contribution in [0.2, 0.25) is 0 Å². The molecule has 0 aliphatic rings. The van der Waals surface area contributed by atoms with Crippen molar-refractivity contribution in [1.29, 1.82) is 0 Å². The quantitative estimate of drug-likeness (QED) is 0.286. The Morgan fingerprint density at radius 1 is 0.941 bits per heavy atom. The van der Waals surface area contributed by atoms with E-state index < -0.39 is 10.0 Å². The van der Waals surface area contributed by atoms with Crippen molar-refractivity contribution in [3.63, 3.8) is 0 Å². The number of carbonyl (C=O) groups excluding carboxylic acids is 1. The number of aromatic nitrogens is 1. The number of anilines is 2. The van der Waals surface area contributed by atoms with Gasteiger partial charge >= 0.3 is 0 Å². The summed E-state index contributed by atoms with van der Waals surface area (Å²) in [6.45, 7) is 3.89. The second-order valence-corrected chi connectivity index (χ2v) is 11.5. The molecule has 1 amide bonds. The maximum Gasteiger partial charge on any atom is 0.261 e. The van der Waals surface area contributed by atoms with Gasteiger partial charge < -0.3 is 5.32 Å². The fourth-order valence-corrected chi connectivity index (χ4v) is 5.78. The molecule has 6 nitrogen and oxygen atoms in total. The predicted octanol–water partition coefficient (Wildman–Crippen LogP) is 5.96. The van der Waals surface area contributed by atoms with Crippen LogP contribution >= 0.6 is 23.1 Å². The molecule has 0 spiro atoms. The summed E-state index contributed by atoms with van der Waals surface area (Å²) in [5.74, 6) is 0.0656. The third-order valence-corrected chi connectivity index (χ3v) is 8.19. The number of benzene rings is 3. The van der Waals surface area contributed by atoms with Gasteiger partial charge in [-0.1, -0.05) is 48.0 Å². The summed E-state index contributed by atoms with van der Waals surface area (Å²) in [7, 11) is -3.65. The Kier molecular flexibility index (Phi) is 7.35. The predicted molar refractivity (Wildman–Crippen MR) is 140 cm³/mol. The smallest absolute Gasteiger partial charge is 0.261 e. The van der Waals surface area contributed by atoms with Crippen molar-refractivity contribution in [3.05, 3.63) is 89.3 Å². The SMILES string of the molecule is Cc1ccc(S(=O)(=O)Nc2ccc(SCC(=O)Nc3nc(-c4ccccc4)c(C)s3)cc2)cc1. The standard InChI is InChI=1S/C25H23N3O3S3/c1-17-8-14-22(15-9-17)34(30,31)28-20-10-12-21(13-11-20)32-16-23(29)26-25-27-24(18(2)33-25)19-6-4-3-5-7-19/h3-15,28H,16H2,1-2H3,(H,26,27,29). The van der Waals surface area contributed by atoms with Gasteiger partial charge in [0.15, 0.2) is 5.13 Å². The highest BCUT2D eigenvalue weighted by Crippen LogP contribution is 2.30. The second kappa shape index (κ2) is 10.4. The van der Waals surface area contributed by atoms with Crippen molar-refractivity contribution in [2.75, 3.05) is 15.8 Å². The van der Waals surface area contributed by atoms with E-state index in [0.717, 1.165) is 26.6 Å². The highest BCUT2D eigenvalue weighted by molar-refractivity contribution is 8.00. The summed E-state index contributed by atoms with van der Waals surface area (Å²) in [5, 5.41) is 3.44. The highest BCUT2D eigenvalue weighted by Gasteiger charge is 2.14. The number of thiazole rings is 1. The van der Waals surface area contributed by atoms with Crippen LogP contribution in [-0.4, -0.2) is 25.1 Å². The first-order chi connectivity index (χ1) is 16.3. The number of hydrogen-bond donors (Lipinski definition) is 2. The van der Waals surface area contributed by atoms with Crippen LogP contribution < -0.4 is 10.0 Å². The fraction of sp³-hybridized carbons (Fsp3) is 0.120. The van der Waals surface area contributed by atoms with Gasteiger partial charge in [-0.25, -0.2) is 13.4 Å². The van der Waals surface area contributed by atoms with Crippen LogP contribution in [0.15, 0.2) is 88.7 Å². The highest BCUT2D eigenvalue weighted by atomic mass is 32.2. The minimum atomic E-state index is -3.65. The van der Waals surface area contributed by atoms with Crippen LogP contribution in [0.1, 0.15) is 10.4 Å². The molecule has 0 fully saturated rings. The summed E-state index contributed by atoms with van der Waals surface area (Å²) >= 11 is 2.82. The summed E-state index contributed by atoms with van der Waals surface area (Å²) in [6, 6.07) is 23.5. The molecule has 3 aromatic carbocycles. The van der Waals surface area contributed by atoms with Gasteiger partial charge in [-0.3, -0.25) is 9.52 Å². The molecule has 4 aromatic rings. The van der Waals surface area contributed by atoms with Crippen molar-refractivity contribution >= 4 is 49.8 Å². The zero-order valence-electron chi connectivity index (χ0n) is 18.6. The van der Waals surface area contributed by atoms with E-state index in [1.807, 2.05) is 44.2 Å². The van der Waals surface area contributed by atoms with Gasteiger partial charge in [-0.2, -0.15) is 0 Å². The van der Waals surface area contributed by atoms with Crippen LogP contribution in [0, 0.1) is 13.8 Å². The Morgan fingerprint density at radius 3 is 2.29 bits per heavy atom. The summed E-state index contributed by atoms with van der Waals surface area (Å²) < 4.78 is 27.6. The van der Waals surface area contributed by atoms with Crippen molar-refractivity contribution in [1.82, 2.24) is 4.98 Å². The molecule has 0 saturated carbocycles. The monoisotopic (exact) mass is 509 g/mol. The lowest BCUT2D eigenvalue weighted by Crippen LogP contribution is -2.14. The van der Waals surface area contributed by atoms with Gasteiger partial charge in [0, 0.05) is 21.0 Å². The van der Waals surface area contributed by atoms with Gasteiger partial charge in [0.05, 0.1) is 16.3 Å². The molecule has 174 valence electrons. The van der Waals surface area contributed by atoms with Crippen LogP contribution in [0.4, 0.5) is 10.8 Å². The third kappa shape index (κ3) is 6.05. The first kappa shape index (κ1) is 24.0. The van der Waals surface area contributed by atoms with E-state index in [9.17, 15) is 13.2 Å². The molecule has 9 heteroatoms. The molecule has 0 atom stereocenters. The maximum atomic E-state index is 12.5. The Hall–Kier alpha value is -3.14. The number of hydrogen-bond acceptors (Lipinski definition) is 6. The second-order valence-electron chi connectivity index (χ2n) is 7.57. The molecule has 0 unspecified atom stereocenters. The number of nitrogens with zero attached hydrogens (tertiary/aromatic N) is 1. The van der Waals surface area contributed by atoms with E-state index in [4.69, 9.17) is 0 Å². The lowest BCUT2D eigenvalue weighted by atomic mass is 10.1. The molecular formula is C25H23N3O3S3. The number of rotatable bonds is 8. The van der Waals surface area contributed by atoms with Crippen molar-refractivity contribution in [3.8, 4) is 11.3 Å². The summed E-state index contributed by atoms with van der Waals surface area (Å²) in [6.07, 6.45) is 0. The Balaban J connectivity index is 1.32. The summed E-state index contributed by atoms with van der Waals surface area (Å²) in [5.41, 5.74) is 3.34. The van der Waals surface area contributed by atoms with Crippen molar-refractivity contribution < 1.29 is 13.2 Å². The first-order valence-corrected chi connectivity index (χ1v) is 13.7. The topological polar surface area (TPSA) is 88.2 Å². The minimum absolute atomic E-state index is 0.150. The fourth-order valence-electron chi connectivity index (χ4n) is 3.17. The first-order valence-electron chi connectivity index (χ1n) is 10.5. The number of nitrogens with one attached hydrogen (secondary N) is 2. The Morgan fingerprint density at radius 2 is 1.62 bits per heavy atom. The molecular weight excluding hydrogens is 486 g/mol. The Bertz CT molecular complexity index is 1380. The van der Waals surface area contributed by atoms with E-state index >= 15 is 0 Å². The van der Waals surface area contributed by atoms with Gasteiger partial charge in [-0.05, 0) is 50.2 Å². The van der Waals surface area contributed by atoms with E-state index in [1.165, 1.54) is 23.1 Å². The molecule has 0 aliphatic carbocycles. The van der Waals surface area contributed by atoms with Crippen molar-refractivity contribution in [2.45, 2.75) is 23.6 Å². The number of aryl methyl sites for hydroxylation is 2. The van der Waals surface area contributed by atoms with Crippen LogP contribution in [0.5, 0.6) is 0 Å². The summed E-state index contributed by atoms with van der Waals surface area (Å²) in [4.78, 5) is 19.1. The zero-order valence-corrected chi connectivity index (χ0v) is 21.1. The molecule has 1 heterocycles. The van der Waals surface area contributed by atoms with Gasteiger partial charge in [-0.15, -0.1) is 23.1 Å². The molecule has 0 bridgehead atoms.